The first-order chi connectivity index (χ1) is 11.0. The van der Waals surface area contributed by atoms with E-state index in [2.05, 4.69) is 10.0 Å². The summed E-state index contributed by atoms with van der Waals surface area (Å²) in [6.45, 7) is 2.40. The molecule has 0 aromatic heterocycles. The van der Waals surface area contributed by atoms with Gasteiger partial charge in [-0.05, 0) is 23.3 Å². The van der Waals surface area contributed by atoms with Crippen molar-refractivity contribution in [2.75, 3.05) is 18.8 Å². The van der Waals surface area contributed by atoms with Gasteiger partial charge in [0.15, 0.2) is 0 Å². The summed E-state index contributed by atoms with van der Waals surface area (Å²) in [5, 5.41) is 4.64. The fourth-order valence-electron chi connectivity index (χ4n) is 2.31. The molecule has 23 heavy (non-hydrogen) atoms. The van der Waals surface area contributed by atoms with E-state index in [4.69, 9.17) is 0 Å². The van der Waals surface area contributed by atoms with Crippen molar-refractivity contribution in [3.05, 3.63) is 48.0 Å². The molecule has 1 amide bonds. The monoisotopic (exact) mass is 334 g/mol. The van der Waals surface area contributed by atoms with Gasteiger partial charge < -0.3 is 5.32 Å². The quantitative estimate of drug-likeness (QED) is 0.727. The second-order valence-electron chi connectivity index (χ2n) is 5.35. The zero-order chi connectivity index (χ0) is 16.7. The molecule has 2 aromatic rings. The van der Waals surface area contributed by atoms with Gasteiger partial charge in [-0.3, -0.25) is 4.79 Å². The van der Waals surface area contributed by atoms with E-state index in [-0.39, 0.29) is 24.7 Å². The summed E-state index contributed by atoms with van der Waals surface area (Å²) in [4.78, 5) is 12.3. The van der Waals surface area contributed by atoms with Crippen LogP contribution in [0.25, 0.3) is 10.8 Å². The molecule has 0 aliphatic rings. The maximum absolute atomic E-state index is 12.3. The van der Waals surface area contributed by atoms with Crippen LogP contribution < -0.4 is 10.0 Å². The molecule has 2 aromatic carbocycles. The Labute approximate surface area is 137 Å². The Balaban J connectivity index is 1.90. The number of hydrogen-bond donors (Lipinski definition) is 2. The smallest absolute Gasteiger partial charge is 0.251 e. The van der Waals surface area contributed by atoms with Crippen molar-refractivity contribution in [2.45, 2.75) is 19.8 Å². The van der Waals surface area contributed by atoms with Gasteiger partial charge in [0.25, 0.3) is 5.91 Å². The van der Waals surface area contributed by atoms with Crippen molar-refractivity contribution in [3.8, 4) is 0 Å². The highest BCUT2D eigenvalue weighted by Crippen LogP contribution is 2.18. The molecule has 0 saturated heterocycles. The summed E-state index contributed by atoms with van der Waals surface area (Å²) in [5.74, 6) is -0.0737. The fourth-order valence-corrected chi connectivity index (χ4v) is 3.53. The fraction of sp³-hybridized carbons (Fsp3) is 0.353. The number of benzene rings is 2. The van der Waals surface area contributed by atoms with Gasteiger partial charge in [0.2, 0.25) is 10.0 Å². The number of carbonyl (C=O) groups is 1. The summed E-state index contributed by atoms with van der Waals surface area (Å²) < 4.78 is 25.8. The van der Waals surface area contributed by atoms with E-state index in [0.717, 1.165) is 17.2 Å². The molecule has 0 heterocycles. The van der Waals surface area contributed by atoms with Crippen LogP contribution in [-0.4, -0.2) is 33.2 Å². The molecule has 0 aliphatic carbocycles. The van der Waals surface area contributed by atoms with Crippen LogP contribution >= 0.6 is 0 Å². The lowest BCUT2D eigenvalue weighted by molar-refractivity contribution is 0.0956. The first-order valence-electron chi connectivity index (χ1n) is 7.77. The molecule has 0 bridgehead atoms. The summed E-state index contributed by atoms with van der Waals surface area (Å²) in [7, 11) is -3.24. The van der Waals surface area contributed by atoms with Crippen molar-refractivity contribution in [1.82, 2.24) is 10.0 Å². The maximum Gasteiger partial charge on any atom is 0.251 e. The third-order valence-corrected chi connectivity index (χ3v) is 5.00. The summed E-state index contributed by atoms with van der Waals surface area (Å²) in [5.41, 5.74) is 0.594. The van der Waals surface area contributed by atoms with E-state index < -0.39 is 10.0 Å². The number of carbonyl (C=O) groups excluding carboxylic acids is 1. The highest BCUT2D eigenvalue weighted by molar-refractivity contribution is 7.89. The molecule has 0 saturated carbocycles. The number of fused-ring (bicyclic) bond motifs is 1. The van der Waals surface area contributed by atoms with Crippen LogP contribution in [0.15, 0.2) is 42.5 Å². The first kappa shape index (κ1) is 17.4. The number of hydrogen-bond acceptors (Lipinski definition) is 3. The second-order valence-corrected chi connectivity index (χ2v) is 7.28. The van der Waals surface area contributed by atoms with Gasteiger partial charge in [0.05, 0.1) is 5.75 Å². The minimum Gasteiger partial charge on any atom is -0.351 e. The number of nitrogens with one attached hydrogen (secondary N) is 2. The van der Waals surface area contributed by atoms with Gasteiger partial charge in [0.1, 0.15) is 0 Å². The molecule has 5 nitrogen and oxygen atoms in total. The molecule has 0 atom stereocenters. The third-order valence-electron chi connectivity index (χ3n) is 3.53. The minimum atomic E-state index is -3.24. The van der Waals surface area contributed by atoms with Crippen LogP contribution in [0.1, 0.15) is 30.1 Å². The van der Waals surface area contributed by atoms with Gasteiger partial charge in [-0.1, -0.05) is 49.7 Å². The lowest BCUT2D eigenvalue weighted by atomic mass is 10.0. The van der Waals surface area contributed by atoms with Gasteiger partial charge in [-0.25, -0.2) is 13.1 Å². The average Bonchev–Trinajstić information content (AvgIpc) is 2.56. The highest BCUT2D eigenvalue weighted by atomic mass is 32.2. The molecule has 0 unspecified atom stereocenters. The standard InChI is InChI=1S/C17H22N2O3S/c1-2-3-13-23(21,22)19-12-11-18-17(20)16-10-6-8-14-7-4-5-9-15(14)16/h4-10,19H,2-3,11-13H2,1H3,(H,18,20). The Kier molecular flexibility index (Phi) is 6.12. The van der Waals surface area contributed by atoms with Crippen LogP contribution in [0.3, 0.4) is 0 Å². The highest BCUT2D eigenvalue weighted by Gasteiger charge is 2.11. The van der Waals surface area contributed by atoms with Crippen LogP contribution in [-0.2, 0) is 10.0 Å². The molecule has 6 heteroatoms. The largest absolute Gasteiger partial charge is 0.351 e. The molecule has 0 radical (unpaired) electrons. The van der Waals surface area contributed by atoms with Crippen LogP contribution in [0.4, 0.5) is 0 Å². The number of sulfonamides is 1. The van der Waals surface area contributed by atoms with E-state index in [9.17, 15) is 13.2 Å². The lowest BCUT2D eigenvalue weighted by Gasteiger charge is -2.09. The van der Waals surface area contributed by atoms with Gasteiger partial charge in [0, 0.05) is 18.7 Å². The van der Waals surface area contributed by atoms with E-state index >= 15 is 0 Å². The summed E-state index contributed by atoms with van der Waals surface area (Å²) in [6, 6.07) is 13.2. The third kappa shape index (κ3) is 5.04. The minimum absolute atomic E-state index is 0.126. The predicted octanol–water partition coefficient (Wildman–Crippen LogP) is 2.29. The van der Waals surface area contributed by atoms with Crippen LogP contribution in [0.5, 0.6) is 0 Å². The molecule has 0 fully saturated rings. The van der Waals surface area contributed by atoms with Crippen molar-refractivity contribution in [1.29, 1.82) is 0 Å². The van der Waals surface area contributed by atoms with Crippen molar-refractivity contribution in [2.24, 2.45) is 0 Å². The van der Waals surface area contributed by atoms with Crippen molar-refractivity contribution < 1.29 is 13.2 Å². The Morgan fingerprint density at radius 2 is 1.78 bits per heavy atom. The topological polar surface area (TPSA) is 75.3 Å². The Bertz CT molecular complexity index is 767. The zero-order valence-electron chi connectivity index (χ0n) is 13.2. The van der Waals surface area contributed by atoms with Gasteiger partial charge in [-0.15, -0.1) is 0 Å². The van der Waals surface area contributed by atoms with E-state index in [1.807, 2.05) is 43.3 Å². The Hall–Kier alpha value is -1.92. The summed E-state index contributed by atoms with van der Waals surface area (Å²) in [6.07, 6.45) is 1.47. The van der Waals surface area contributed by atoms with Crippen molar-refractivity contribution >= 4 is 26.7 Å². The zero-order valence-corrected chi connectivity index (χ0v) is 14.0. The lowest BCUT2D eigenvalue weighted by Crippen LogP contribution is -2.35. The molecular weight excluding hydrogens is 312 g/mol. The molecule has 0 spiro atoms. The van der Waals surface area contributed by atoms with Crippen molar-refractivity contribution in [3.63, 3.8) is 0 Å². The van der Waals surface area contributed by atoms with Crippen LogP contribution in [0, 0.1) is 0 Å². The Morgan fingerprint density at radius 1 is 1.04 bits per heavy atom. The van der Waals surface area contributed by atoms with E-state index in [1.54, 1.807) is 6.07 Å². The van der Waals surface area contributed by atoms with E-state index in [1.165, 1.54) is 0 Å². The molecule has 124 valence electrons. The molecule has 2 N–H and O–H groups in total. The predicted molar refractivity (Wildman–Crippen MR) is 93.0 cm³/mol. The van der Waals surface area contributed by atoms with Gasteiger partial charge in [-0.2, -0.15) is 0 Å². The number of unbranched alkanes of at least 4 members (excludes halogenated alkanes) is 1. The SMILES string of the molecule is CCCCS(=O)(=O)NCCNC(=O)c1cccc2ccccc12. The normalized spacial score (nSPS) is 11.5. The first-order valence-corrected chi connectivity index (χ1v) is 9.42. The second kappa shape index (κ2) is 8.08. The number of amides is 1. The number of rotatable bonds is 8. The molecule has 2 rings (SSSR count). The van der Waals surface area contributed by atoms with Gasteiger partial charge >= 0.3 is 0 Å². The van der Waals surface area contributed by atoms with E-state index in [0.29, 0.717) is 12.0 Å². The average molecular weight is 334 g/mol. The molecular formula is C17H22N2O3S. The molecule has 0 aliphatic heterocycles. The summed E-state index contributed by atoms with van der Waals surface area (Å²) >= 11 is 0. The van der Waals surface area contributed by atoms with Crippen LogP contribution in [0.2, 0.25) is 0 Å². The Morgan fingerprint density at radius 3 is 2.57 bits per heavy atom. The maximum atomic E-state index is 12.3.